The maximum absolute atomic E-state index is 8.95. The molecule has 2 aromatic rings. The molecule has 0 aliphatic carbocycles. The Morgan fingerprint density at radius 3 is 3.20 bits per heavy atom. The summed E-state index contributed by atoms with van der Waals surface area (Å²) in [7, 11) is 0. The van der Waals surface area contributed by atoms with Gasteiger partial charge in [0.1, 0.15) is 5.75 Å². The van der Waals surface area contributed by atoms with Crippen molar-refractivity contribution in [2.75, 3.05) is 13.2 Å². The van der Waals surface area contributed by atoms with Gasteiger partial charge in [-0.05, 0) is 28.1 Å². The Bertz CT molecular complexity index is 619. The van der Waals surface area contributed by atoms with Crippen LogP contribution >= 0.6 is 23.4 Å². The Hall–Kier alpha value is -1.31. The molecule has 3 rings (SSSR count). The van der Waals surface area contributed by atoms with E-state index in [1.165, 1.54) is 11.8 Å². The van der Waals surface area contributed by atoms with Gasteiger partial charge in [0.15, 0.2) is 0 Å². The van der Waals surface area contributed by atoms with Crippen molar-refractivity contribution in [3.63, 3.8) is 0 Å². The lowest BCUT2D eigenvalue weighted by Gasteiger charge is -2.08. The molecule has 20 heavy (non-hydrogen) atoms. The van der Waals surface area contributed by atoms with Crippen LogP contribution < -0.4 is 4.74 Å². The number of ether oxygens (including phenoxy) is 1. The van der Waals surface area contributed by atoms with Crippen LogP contribution in [0.25, 0.3) is 0 Å². The SMILES string of the molecule is OCCn1nnnc1SCc1cc(Cl)cc2c1OCC2. The van der Waals surface area contributed by atoms with Gasteiger partial charge in [-0.3, -0.25) is 0 Å². The van der Waals surface area contributed by atoms with Crippen molar-refractivity contribution >= 4 is 23.4 Å². The molecule has 1 aromatic heterocycles. The molecule has 0 radical (unpaired) electrons. The van der Waals surface area contributed by atoms with Crippen LogP contribution in [0, 0.1) is 0 Å². The summed E-state index contributed by atoms with van der Waals surface area (Å²) in [6.45, 7) is 1.10. The van der Waals surface area contributed by atoms with Crippen LogP contribution in [0.2, 0.25) is 5.02 Å². The number of aliphatic hydroxyl groups is 1. The first-order valence-corrected chi connectivity index (χ1v) is 7.58. The highest BCUT2D eigenvalue weighted by Crippen LogP contribution is 2.35. The molecule has 1 aliphatic heterocycles. The number of thioether (sulfide) groups is 1. The second kappa shape index (κ2) is 5.99. The summed E-state index contributed by atoms with van der Waals surface area (Å²) < 4.78 is 7.24. The largest absolute Gasteiger partial charge is 0.493 e. The summed E-state index contributed by atoms with van der Waals surface area (Å²) in [5, 5.41) is 21.7. The van der Waals surface area contributed by atoms with Gasteiger partial charge in [-0.2, -0.15) is 0 Å². The van der Waals surface area contributed by atoms with Crippen LogP contribution in [0.3, 0.4) is 0 Å². The number of hydrogen-bond donors (Lipinski definition) is 1. The highest BCUT2D eigenvalue weighted by atomic mass is 35.5. The zero-order chi connectivity index (χ0) is 13.9. The van der Waals surface area contributed by atoms with E-state index in [1.807, 2.05) is 12.1 Å². The van der Waals surface area contributed by atoms with Crippen LogP contribution in [-0.2, 0) is 18.7 Å². The number of halogens is 1. The van der Waals surface area contributed by atoms with Crippen molar-refractivity contribution in [1.29, 1.82) is 0 Å². The van der Waals surface area contributed by atoms with Crippen molar-refractivity contribution in [2.45, 2.75) is 23.9 Å². The number of aliphatic hydroxyl groups excluding tert-OH is 1. The standard InChI is InChI=1S/C12H13ClN4O2S/c13-10-5-8-1-4-19-11(8)9(6-10)7-20-12-14-15-16-17(12)2-3-18/h5-6,18H,1-4,7H2. The molecule has 106 valence electrons. The van der Waals surface area contributed by atoms with E-state index in [1.54, 1.807) is 4.68 Å². The Morgan fingerprint density at radius 2 is 2.35 bits per heavy atom. The fourth-order valence-corrected chi connectivity index (χ4v) is 3.26. The molecule has 2 heterocycles. The first-order chi connectivity index (χ1) is 9.78. The predicted molar refractivity (Wildman–Crippen MR) is 75.1 cm³/mol. The molecule has 8 heteroatoms. The maximum atomic E-state index is 8.95. The number of rotatable bonds is 5. The first-order valence-electron chi connectivity index (χ1n) is 6.22. The normalized spacial score (nSPS) is 13.3. The van der Waals surface area contributed by atoms with Crippen molar-refractivity contribution in [1.82, 2.24) is 20.2 Å². The van der Waals surface area contributed by atoms with E-state index >= 15 is 0 Å². The van der Waals surface area contributed by atoms with E-state index in [4.69, 9.17) is 21.4 Å². The number of benzene rings is 1. The first kappa shape index (κ1) is 13.7. The summed E-state index contributed by atoms with van der Waals surface area (Å²) in [4.78, 5) is 0. The average molecular weight is 313 g/mol. The van der Waals surface area contributed by atoms with E-state index < -0.39 is 0 Å². The highest BCUT2D eigenvalue weighted by molar-refractivity contribution is 7.98. The summed E-state index contributed by atoms with van der Waals surface area (Å²) in [5.41, 5.74) is 2.21. The summed E-state index contributed by atoms with van der Waals surface area (Å²) >= 11 is 7.63. The van der Waals surface area contributed by atoms with E-state index in [9.17, 15) is 0 Å². The van der Waals surface area contributed by atoms with E-state index in [2.05, 4.69) is 15.5 Å². The van der Waals surface area contributed by atoms with E-state index in [0.717, 1.165) is 28.3 Å². The molecular formula is C12H13ClN4O2S. The highest BCUT2D eigenvalue weighted by Gasteiger charge is 2.18. The van der Waals surface area contributed by atoms with Crippen LogP contribution in [0.4, 0.5) is 0 Å². The third kappa shape index (κ3) is 2.74. The third-order valence-corrected chi connectivity index (χ3v) is 4.22. The molecule has 1 N–H and O–H groups in total. The van der Waals surface area contributed by atoms with Gasteiger partial charge in [0, 0.05) is 22.8 Å². The topological polar surface area (TPSA) is 73.1 Å². The lowest BCUT2D eigenvalue weighted by atomic mass is 10.1. The van der Waals surface area contributed by atoms with Crippen LogP contribution in [0.5, 0.6) is 5.75 Å². The van der Waals surface area contributed by atoms with Gasteiger partial charge in [-0.25, -0.2) is 4.68 Å². The Kier molecular flexibility index (Phi) is 4.09. The molecule has 0 bridgehead atoms. The molecule has 0 amide bonds. The monoisotopic (exact) mass is 312 g/mol. The Labute approximate surface area is 125 Å². The predicted octanol–water partition coefficient (Wildman–Crippen LogP) is 1.55. The van der Waals surface area contributed by atoms with Gasteiger partial charge in [0.2, 0.25) is 5.16 Å². The number of fused-ring (bicyclic) bond motifs is 1. The molecule has 0 unspecified atom stereocenters. The summed E-state index contributed by atoms with van der Waals surface area (Å²) in [5.74, 6) is 1.61. The molecule has 0 saturated heterocycles. The molecule has 6 nitrogen and oxygen atoms in total. The molecular weight excluding hydrogens is 300 g/mol. The third-order valence-electron chi connectivity index (χ3n) is 2.99. The lowest BCUT2D eigenvalue weighted by molar-refractivity contribution is 0.262. The zero-order valence-electron chi connectivity index (χ0n) is 10.6. The van der Waals surface area contributed by atoms with Crippen molar-refractivity contribution in [3.8, 4) is 5.75 Å². The minimum atomic E-state index is 0.00821. The Morgan fingerprint density at radius 1 is 1.45 bits per heavy atom. The molecule has 0 fully saturated rings. The number of hydrogen-bond acceptors (Lipinski definition) is 6. The van der Waals surface area contributed by atoms with Crippen LogP contribution in [0.1, 0.15) is 11.1 Å². The van der Waals surface area contributed by atoms with Crippen molar-refractivity contribution in [3.05, 3.63) is 28.3 Å². The number of tetrazole rings is 1. The fraction of sp³-hybridized carbons (Fsp3) is 0.417. The Balaban J connectivity index is 1.77. The van der Waals surface area contributed by atoms with E-state index in [0.29, 0.717) is 24.1 Å². The smallest absolute Gasteiger partial charge is 0.209 e. The second-order valence-corrected chi connectivity index (χ2v) is 5.73. The maximum Gasteiger partial charge on any atom is 0.209 e. The van der Waals surface area contributed by atoms with Gasteiger partial charge in [-0.15, -0.1) is 5.10 Å². The minimum absolute atomic E-state index is 0.00821. The fourth-order valence-electron chi connectivity index (χ4n) is 2.13. The van der Waals surface area contributed by atoms with Gasteiger partial charge >= 0.3 is 0 Å². The van der Waals surface area contributed by atoms with Gasteiger partial charge in [0.25, 0.3) is 0 Å². The van der Waals surface area contributed by atoms with Gasteiger partial charge in [0.05, 0.1) is 19.8 Å². The van der Waals surface area contributed by atoms with Crippen LogP contribution in [0.15, 0.2) is 17.3 Å². The number of nitrogens with zero attached hydrogens (tertiary/aromatic N) is 4. The van der Waals surface area contributed by atoms with Crippen molar-refractivity contribution in [2.24, 2.45) is 0 Å². The molecule has 1 aliphatic rings. The summed E-state index contributed by atoms with van der Waals surface area (Å²) in [6.07, 6.45) is 0.899. The zero-order valence-corrected chi connectivity index (χ0v) is 12.2. The minimum Gasteiger partial charge on any atom is -0.493 e. The molecule has 0 spiro atoms. The molecule has 0 atom stereocenters. The molecule has 0 saturated carbocycles. The average Bonchev–Trinajstić information content (AvgIpc) is 3.05. The van der Waals surface area contributed by atoms with Crippen molar-refractivity contribution < 1.29 is 9.84 Å². The lowest BCUT2D eigenvalue weighted by Crippen LogP contribution is -2.05. The van der Waals surface area contributed by atoms with E-state index in [-0.39, 0.29) is 6.61 Å². The van der Waals surface area contributed by atoms with Crippen LogP contribution in [-0.4, -0.2) is 38.5 Å². The summed E-state index contributed by atoms with van der Waals surface area (Å²) in [6, 6.07) is 3.87. The second-order valence-electron chi connectivity index (χ2n) is 4.35. The van der Waals surface area contributed by atoms with Gasteiger partial charge in [-0.1, -0.05) is 23.4 Å². The molecule has 1 aromatic carbocycles. The van der Waals surface area contributed by atoms with Gasteiger partial charge < -0.3 is 9.84 Å². The number of aromatic nitrogens is 4. The quantitative estimate of drug-likeness (QED) is 0.844.